The summed E-state index contributed by atoms with van der Waals surface area (Å²) in [6.07, 6.45) is 0. The minimum atomic E-state index is -0.340. The van der Waals surface area contributed by atoms with Crippen molar-refractivity contribution < 1.29 is 4.79 Å². The summed E-state index contributed by atoms with van der Waals surface area (Å²) >= 11 is 7.87. The van der Waals surface area contributed by atoms with Gasteiger partial charge in [-0.15, -0.1) is 0 Å². The first-order valence-electron chi connectivity index (χ1n) is 3.11. The third kappa shape index (κ3) is 2.09. The van der Waals surface area contributed by atoms with Gasteiger partial charge in [0.25, 0.3) is 5.91 Å². The molecule has 3 nitrogen and oxygen atoms in total. The van der Waals surface area contributed by atoms with Crippen LogP contribution in [0.1, 0.15) is 10.4 Å². The van der Waals surface area contributed by atoms with Gasteiger partial charge in [0.05, 0.1) is 5.02 Å². The van der Waals surface area contributed by atoms with Gasteiger partial charge in [-0.2, -0.15) is 0 Å². The number of nitrogens with two attached hydrogens (primary N) is 1. The lowest BCUT2D eigenvalue weighted by molar-refractivity contribution is 0.0953. The summed E-state index contributed by atoms with van der Waals surface area (Å²) in [5.74, 6) is 4.61. The Bertz CT molecular complexity index is 316. The molecule has 0 aromatic heterocycles. The zero-order valence-corrected chi connectivity index (χ0v) is 8.89. The van der Waals surface area contributed by atoms with E-state index >= 15 is 0 Å². The summed E-state index contributed by atoms with van der Waals surface area (Å²) < 4.78 is 0.905. The van der Waals surface area contributed by atoms with Crippen LogP contribution in [-0.2, 0) is 0 Å². The molecule has 0 aliphatic heterocycles. The molecule has 0 radical (unpaired) electrons. The molecule has 0 fully saturated rings. The standard InChI is InChI=1S/C7H6ClIN2O/c8-5-3-4(7(12)11-10)1-2-6(5)9/h1-3H,10H2,(H,11,12). The number of nitrogen functional groups attached to an aromatic ring is 1. The Morgan fingerprint density at radius 2 is 2.25 bits per heavy atom. The summed E-state index contributed by atoms with van der Waals surface area (Å²) in [4.78, 5) is 11.0. The van der Waals surface area contributed by atoms with Crippen LogP contribution >= 0.6 is 34.2 Å². The maximum atomic E-state index is 11.0. The Kier molecular flexibility index (Phi) is 3.30. The summed E-state index contributed by atoms with van der Waals surface area (Å²) in [7, 11) is 0. The van der Waals surface area contributed by atoms with E-state index in [4.69, 9.17) is 17.4 Å². The van der Waals surface area contributed by atoms with Crippen LogP contribution in [0.5, 0.6) is 0 Å². The Labute approximate surface area is 88.4 Å². The molecule has 0 heterocycles. The number of benzene rings is 1. The number of rotatable bonds is 1. The first kappa shape index (κ1) is 9.76. The molecule has 0 saturated carbocycles. The average Bonchev–Trinajstić information content (AvgIpc) is 2.08. The second-order valence-corrected chi connectivity index (χ2v) is 3.67. The molecular formula is C7H6ClIN2O. The van der Waals surface area contributed by atoms with Crippen LogP contribution in [-0.4, -0.2) is 5.91 Å². The number of hydrogen-bond donors (Lipinski definition) is 2. The quantitative estimate of drug-likeness (QED) is 0.357. The van der Waals surface area contributed by atoms with Gasteiger partial charge in [-0.25, -0.2) is 5.84 Å². The highest BCUT2D eigenvalue weighted by Gasteiger charge is 2.04. The predicted octanol–water partition coefficient (Wildman–Crippen LogP) is 1.55. The monoisotopic (exact) mass is 296 g/mol. The zero-order valence-electron chi connectivity index (χ0n) is 5.97. The highest BCUT2D eigenvalue weighted by Crippen LogP contribution is 2.19. The summed E-state index contributed by atoms with van der Waals surface area (Å²) in [5, 5.41) is 0.553. The van der Waals surface area contributed by atoms with Gasteiger partial charge in [-0.3, -0.25) is 10.2 Å². The van der Waals surface area contributed by atoms with Gasteiger partial charge >= 0.3 is 0 Å². The van der Waals surface area contributed by atoms with Crippen molar-refractivity contribution in [3.8, 4) is 0 Å². The number of hydrogen-bond acceptors (Lipinski definition) is 2. The van der Waals surface area contributed by atoms with E-state index in [0.717, 1.165) is 3.57 Å². The normalized spacial score (nSPS) is 9.58. The Balaban J connectivity index is 3.05. The fourth-order valence-corrected chi connectivity index (χ4v) is 1.24. The molecule has 0 aliphatic carbocycles. The van der Waals surface area contributed by atoms with Crippen LogP contribution in [0.4, 0.5) is 0 Å². The number of carbonyl (C=O) groups is 1. The molecule has 0 spiro atoms. The molecule has 1 rings (SSSR count). The molecule has 0 aliphatic rings. The second-order valence-electron chi connectivity index (χ2n) is 2.10. The zero-order chi connectivity index (χ0) is 9.14. The first-order chi connectivity index (χ1) is 5.65. The smallest absolute Gasteiger partial charge is 0.265 e. The fourth-order valence-electron chi connectivity index (χ4n) is 0.721. The summed E-state index contributed by atoms with van der Waals surface area (Å²) in [5.41, 5.74) is 2.49. The number of amides is 1. The van der Waals surface area contributed by atoms with Gasteiger partial charge in [-0.05, 0) is 40.8 Å². The minimum Gasteiger partial charge on any atom is -0.290 e. The number of carbonyl (C=O) groups excluding carboxylic acids is 1. The largest absolute Gasteiger partial charge is 0.290 e. The third-order valence-electron chi connectivity index (χ3n) is 1.31. The van der Waals surface area contributed by atoms with Crippen molar-refractivity contribution in [1.29, 1.82) is 0 Å². The van der Waals surface area contributed by atoms with E-state index in [1.165, 1.54) is 0 Å². The highest BCUT2D eigenvalue weighted by molar-refractivity contribution is 14.1. The molecule has 3 N–H and O–H groups in total. The molecule has 0 unspecified atom stereocenters. The lowest BCUT2D eigenvalue weighted by atomic mass is 10.2. The van der Waals surface area contributed by atoms with E-state index in [1.807, 2.05) is 5.43 Å². The molecule has 64 valence electrons. The number of hydrazine groups is 1. The Hall–Kier alpha value is -0.330. The molecule has 0 atom stereocenters. The van der Waals surface area contributed by atoms with Gasteiger partial charge in [0.15, 0.2) is 0 Å². The minimum absolute atomic E-state index is 0.340. The SMILES string of the molecule is NNC(=O)c1ccc(I)c(Cl)c1. The molecule has 5 heteroatoms. The van der Waals surface area contributed by atoms with E-state index < -0.39 is 0 Å². The van der Waals surface area contributed by atoms with Crippen LogP contribution in [0.25, 0.3) is 0 Å². The van der Waals surface area contributed by atoms with Gasteiger partial charge in [0.2, 0.25) is 0 Å². The fraction of sp³-hybridized carbons (Fsp3) is 0. The maximum absolute atomic E-state index is 11.0. The Morgan fingerprint density at radius 3 is 2.75 bits per heavy atom. The van der Waals surface area contributed by atoms with Gasteiger partial charge in [-0.1, -0.05) is 11.6 Å². The predicted molar refractivity (Wildman–Crippen MR) is 55.8 cm³/mol. The molecule has 0 saturated heterocycles. The third-order valence-corrected chi connectivity index (χ3v) is 2.89. The van der Waals surface area contributed by atoms with E-state index in [-0.39, 0.29) is 5.91 Å². The van der Waals surface area contributed by atoms with Gasteiger partial charge in [0.1, 0.15) is 0 Å². The second kappa shape index (κ2) is 4.06. The van der Waals surface area contributed by atoms with Crippen LogP contribution in [0.3, 0.4) is 0 Å². The lowest BCUT2D eigenvalue weighted by Gasteiger charge is -2.00. The average molecular weight is 296 g/mol. The molecule has 12 heavy (non-hydrogen) atoms. The summed E-state index contributed by atoms with van der Waals surface area (Å²) in [6, 6.07) is 4.99. The van der Waals surface area contributed by atoms with Crippen LogP contribution in [0.15, 0.2) is 18.2 Å². The van der Waals surface area contributed by atoms with Crippen molar-refractivity contribution in [3.63, 3.8) is 0 Å². The van der Waals surface area contributed by atoms with E-state index in [2.05, 4.69) is 22.6 Å². The van der Waals surface area contributed by atoms with Crippen LogP contribution < -0.4 is 11.3 Å². The van der Waals surface area contributed by atoms with Crippen molar-refractivity contribution in [3.05, 3.63) is 32.4 Å². The molecule has 0 bridgehead atoms. The van der Waals surface area contributed by atoms with E-state index in [1.54, 1.807) is 18.2 Å². The molecular weight excluding hydrogens is 290 g/mol. The number of nitrogens with one attached hydrogen (secondary N) is 1. The van der Waals surface area contributed by atoms with Crippen molar-refractivity contribution in [2.75, 3.05) is 0 Å². The highest BCUT2D eigenvalue weighted by atomic mass is 127. The van der Waals surface area contributed by atoms with Crippen molar-refractivity contribution in [2.24, 2.45) is 5.84 Å². The molecule has 1 aromatic carbocycles. The van der Waals surface area contributed by atoms with Crippen LogP contribution in [0.2, 0.25) is 5.02 Å². The lowest BCUT2D eigenvalue weighted by Crippen LogP contribution is -2.29. The van der Waals surface area contributed by atoms with Gasteiger partial charge < -0.3 is 0 Å². The van der Waals surface area contributed by atoms with E-state index in [0.29, 0.717) is 10.6 Å². The number of halogens is 2. The van der Waals surface area contributed by atoms with Crippen molar-refractivity contribution >= 4 is 40.1 Å². The van der Waals surface area contributed by atoms with Crippen LogP contribution in [0, 0.1) is 3.57 Å². The topological polar surface area (TPSA) is 55.1 Å². The van der Waals surface area contributed by atoms with E-state index in [9.17, 15) is 4.79 Å². The van der Waals surface area contributed by atoms with Gasteiger partial charge in [0, 0.05) is 9.13 Å². The maximum Gasteiger partial charge on any atom is 0.265 e. The molecule has 1 amide bonds. The Morgan fingerprint density at radius 1 is 1.58 bits per heavy atom. The first-order valence-corrected chi connectivity index (χ1v) is 4.57. The van der Waals surface area contributed by atoms with Crippen molar-refractivity contribution in [2.45, 2.75) is 0 Å². The van der Waals surface area contributed by atoms with Crippen molar-refractivity contribution in [1.82, 2.24) is 5.43 Å². The summed E-state index contributed by atoms with van der Waals surface area (Å²) in [6.45, 7) is 0. The molecule has 1 aromatic rings.